The Balaban J connectivity index is 2.08. The van der Waals surface area contributed by atoms with Crippen LogP contribution in [-0.2, 0) is 13.1 Å². The number of rotatable bonds is 6. The van der Waals surface area contributed by atoms with E-state index in [0.717, 1.165) is 25.3 Å². The first kappa shape index (κ1) is 15.7. The van der Waals surface area contributed by atoms with Crippen LogP contribution in [0.1, 0.15) is 35.7 Å². The van der Waals surface area contributed by atoms with Crippen molar-refractivity contribution in [2.24, 2.45) is 5.92 Å². The molecule has 0 aromatic carbocycles. The summed E-state index contributed by atoms with van der Waals surface area (Å²) < 4.78 is 3.29. The van der Waals surface area contributed by atoms with Crippen LogP contribution in [0.25, 0.3) is 0 Å². The standard InChI is InChI=1S/C15H22BrN3S/c1-10(2)7-17-8-14-11(3)18-19(12(14)4)9-13-5-6-15(16)20-13/h5-6,10,17H,7-9H2,1-4H3. The van der Waals surface area contributed by atoms with Crippen molar-refractivity contribution in [2.45, 2.75) is 40.8 Å². The van der Waals surface area contributed by atoms with Gasteiger partial charge in [0, 0.05) is 22.7 Å². The lowest BCUT2D eigenvalue weighted by Crippen LogP contribution is -2.19. The molecule has 0 saturated carbocycles. The molecule has 2 heterocycles. The van der Waals surface area contributed by atoms with Crippen molar-refractivity contribution >= 4 is 27.3 Å². The van der Waals surface area contributed by atoms with E-state index < -0.39 is 0 Å². The maximum Gasteiger partial charge on any atom is 0.0755 e. The molecule has 2 aromatic heterocycles. The van der Waals surface area contributed by atoms with Gasteiger partial charge in [0.25, 0.3) is 0 Å². The Morgan fingerprint density at radius 2 is 2.10 bits per heavy atom. The van der Waals surface area contributed by atoms with Crippen LogP contribution in [0.3, 0.4) is 0 Å². The zero-order valence-electron chi connectivity index (χ0n) is 12.5. The topological polar surface area (TPSA) is 29.9 Å². The normalized spacial score (nSPS) is 11.5. The summed E-state index contributed by atoms with van der Waals surface area (Å²) in [6.07, 6.45) is 0. The second kappa shape index (κ2) is 6.87. The molecule has 0 unspecified atom stereocenters. The number of nitrogens with zero attached hydrogens (tertiary/aromatic N) is 2. The van der Waals surface area contributed by atoms with Gasteiger partial charge in [0.2, 0.25) is 0 Å². The number of hydrogen-bond acceptors (Lipinski definition) is 3. The predicted molar refractivity (Wildman–Crippen MR) is 89.4 cm³/mol. The van der Waals surface area contributed by atoms with E-state index in [-0.39, 0.29) is 0 Å². The third-order valence-electron chi connectivity index (χ3n) is 3.32. The van der Waals surface area contributed by atoms with Gasteiger partial charge >= 0.3 is 0 Å². The van der Waals surface area contributed by atoms with Gasteiger partial charge in [0.15, 0.2) is 0 Å². The van der Waals surface area contributed by atoms with Crippen LogP contribution >= 0.6 is 27.3 Å². The fourth-order valence-corrected chi connectivity index (χ4v) is 3.68. The molecule has 1 N–H and O–H groups in total. The summed E-state index contributed by atoms with van der Waals surface area (Å²) in [4.78, 5) is 1.32. The lowest BCUT2D eigenvalue weighted by Gasteiger charge is -2.08. The Labute approximate surface area is 133 Å². The molecule has 110 valence electrons. The van der Waals surface area contributed by atoms with Gasteiger partial charge < -0.3 is 5.32 Å². The molecule has 0 saturated heterocycles. The molecule has 0 atom stereocenters. The van der Waals surface area contributed by atoms with Gasteiger partial charge in [-0.3, -0.25) is 4.68 Å². The van der Waals surface area contributed by atoms with Crippen molar-refractivity contribution < 1.29 is 0 Å². The lowest BCUT2D eigenvalue weighted by molar-refractivity contribution is 0.550. The summed E-state index contributed by atoms with van der Waals surface area (Å²) in [5.74, 6) is 0.675. The maximum absolute atomic E-state index is 4.68. The number of hydrogen-bond donors (Lipinski definition) is 1. The molecular weight excluding hydrogens is 334 g/mol. The maximum atomic E-state index is 4.68. The van der Waals surface area contributed by atoms with Crippen LogP contribution in [0.2, 0.25) is 0 Å². The number of halogens is 1. The quantitative estimate of drug-likeness (QED) is 0.844. The molecule has 0 aliphatic carbocycles. The van der Waals surface area contributed by atoms with E-state index in [9.17, 15) is 0 Å². The van der Waals surface area contributed by atoms with Gasteiger partial charge in [-0.25, -0.2) is 0 Å². The summed E-state index contributed by atoms with van der Waals surface area (Å²) in [5.41, 5.74) is 3.74. The third kappa shape index (κ3) is 3.93. The van der Waals surface area contributed by atoms with E-state index >= 15 is 0 Å². The Hall–Kier alpha value is -0.650. The minimum Gasteiger partial charge on any atom is -0.312 e. The second-order valence-corrected chi connectivity index (χ2v) is 8.09. The second-order valence-electron chi connectivity index (χ2n) is 5.54. The average Bonchev–Trinajstić information content (AvgIpc) is 2.88. The van der Waals surface area contributed by atoms with Crippen LogP contribution in [0, 0.1) is 19.8 Å². The summed E-state index contributed by atoms with van der Waals surface area (Å²) in [6.45, 7) is 11.5. The van der Waals surface area contributed by atoms with E-state index in [1.807, 2.05) is 0 Å². The summed E-state index contributed by atoms with van der Waals surface area (Å²) in [6, 6.07) is 4.25. The lowest BCUT2D eigenvalue weighted by atomic mass is 10.2. The molecule has 0 fully saturated rings. The first-order chi connectivity index (χ1) is 9.47. The Kier molecular flexibility index (Phi) is 5.41. The summed E-state index contributed by atoms with van der Waals surface area (Å²) in [7, 11) is 0. The van der Waals surface area contributed by atoms with Crippen molar-refractivity contribution in [2.75, 3.05) is 6.54 Å². The van der Waals surface area contributed by atoms with Crippen LogP contribution < -0.4 is 5.32 Å². The van der Waals surface area contributed by atoms with Gasteiger partial charge in [-0.05, 0) is 54.4 Å². The summed E-state index contributed by atoms with van der Waals surface area (Å²) in [5, 5.41) is 8.19. The minimum absolute atomic E-state index is 0.675. The van der Waals surface area contributed by atoms with Crippen molar-refractivity contribution in [3.63, 3.8) is 0 Å². The van der Waals surface area contributed by atoms with Crippen LogP contribution in [-0.4, -0.2) is 16.3 Å². The highest BCUT2D eigenvalue weighted by molar-refractivity contribution is 9.11. The molecule has 20 heavy (non-hydrogen) atoms. The van der Waals surface area contributed by atoms with Crippen molar-refractivity contribution in [3.8, 4) is 0 Å². The van der Waals surface area contributed by atoms with E-state index in [4.69, 9.17) is 0 Å². The van der Waals surface area contributed by atoms with Gasteiger partial charge in [-0.2, -0.15) is 5.10 Å². The Morgan fingerprint density at radius 3 is 2.70 bits per heavy atom. The zero-order chi connectivity index (χ0) is 14.7. The molecule has 5 heteroatoms. The number of thiophene rings is 1. The van der Waals surface area contributed by atoms with Crippen molar-refractivity contribution in [3.05, 3.63) is 37.7 Å². The zero-order valence-corrected chi connectivity index (χ0v) is 14.9. The summed E-state index contributed by atoms with van der Waals surface area (Å²) >= 11 is 5.28. The first-order valence-electron chi connectivity index (χ1n) is 6.95. The first-order valence-corrected chi connectivity index (χ1v) is 8.56. The van der Waals surface area contributed by atoms with Gasteiger partial charge in [0.1, 0.15) is 0 Å². The smallest absolute Gasteiger partial charge is 0.0755 e. The van der Waals surface area contributed by atoms with E-state index in [1.165, 1.54) is 19.9 Å². The molecule has 0 aliphatic heterocycles. The van der Waals surface area contributed by atoms with Gasteiger partial charge in [0.05, 0.1) is 16.0 Å². The molecule has 3 nitrogen and oxygen atoms in total. The van der Waals surface area contributed by atoms with Crippen LogP contribution in [0.15, 0.2) is 15.9 Å². The van der Waals surface area contributed by atoms with Crippen LogP contribution in [0.4, 0.5) is 0 Å². The molecule has 0 amide bonds. The number of aryl methyl sites for hydroxylation is 1. The largest absolute Gasteiger partial charge is 0.312 e. The van der Waals surface area contributed by atoms with Crippen LogP contribution in [0.5, 0.6) is 0 Å². The predicted octanol–water partition coefficient (Wildman–Crippen LogP) is 4.12. The highest BCUT2D eigenvalue weighted by Gasteiger charge is 2.12. The average molecular weight is 356 g/mol. The number of nitrogens with one attached hydrogen (secondary N) is 1. The number of aromatic nitrogens is 2. The molecule has 0 radical (unpaired) electrons. The van der Waals surface area contributed by atoms with Crippen molar-refractivity contribution in [1.82, 2.24) is 15.1 Å². The monoisotopic (exact) mass is 355 g/mol. The highest BCUT2D eigenvalue weighted by atomic mass is 79.9. The van der Waals surface area contributed by atoms with E-state index in [2.05, 4.69) is 70.9 Å². The highest BCUT2D eigenvalue weighted by Crippen LogP contribution is 2.24. The molecular formula is C15H22BrN3S. The van der Waals surface area contributed by atoms with E-state index in [1.54, 1.807) is 11.3 Å². The van der Waals surface area contributed by atoms with Crippen molar-refractivity contribution in [1.29, 1.82) is 0 Å². The SMILES string of the molecule is Cc1nn(Cc2ccc(Br)s2)c(C)c1CNCC(C)C. The van der Waals surface area contributed by atoms with Gasteiger partial charge in [-0.1, -0.05) is 13.8 Å². The molecule has 0 aliphatic rings. The minimum atomic E-state index is 0.675. The third-order valence-corrected chi connectivity index (χ3v) is 4.93. The molecule has 0 bridgehead atoms. The molecule has 2 aromatic rings. The molecule has 2 rings (SSSR count). The Morgan fingerprint density at radius 1 is 1.35 bits per heavy atom. The van der Waals surface area contributed by atoms with Gasteiger partial charge in [-0.15, -0.1) is 11.3 Å². The van der Waals surface area contributed by atoms with E-state index in [0.29, 0.717) is 5.92 Å². The fraction of sp³-hybridized carbons (Fsp3) is 0.533. The fourth-order valence-electron chi connectivity index (χ4n) is 2.21. The molecule has 0 spiro atoms. The Bertz CT molecular complexity index is 572.